The van der Waals surface area contributed by atoms with Gasteiger partial charge in [-0.1, -0.05) is 32.9 Å². The van der Waals surface area contributed by atoms with Crippen molar-refractivity contribution in [3.8, 4) is 11.5 Å². The van der Waals surface area contributed by atoms with Crippen molar-refractivity contribution in [1.82, 2.24) is 10.6 Å². The van der Waals surface area contributed by atoms with Crippen molar-refractivity contribution in [3.05, 3.63) is 29.8 Å². The van der Waals surface area contributed by atoms with E-state index in [0.29, 0.717) is 43.7 Å². The van der Waals surface area contributed by atoms with E-state index in [9.17, 15) is 14.7 Å². The maximum atomic E-state index is 11.9. The molecular formula is C23H38N2O5Si. The maximum absolute atomic E-state index is 11.9. The molecule has 0 spiro atoms. The van der Waals surface area contributed by atoms with Gasteiger partial charge >= 0.3 is 0 Å². The van der Waals surface area contributed by atoms with Gasteiger partial charge in [0.15, 0.2) is 8.32 Å². The van der Waals surface area contributed by atoms with Gasteiger partial charge in [0.2, 0.25) is 11.8 Å². The molecule has 7 nitrogen and oxygen atoms in total. The van der Waals surface area contributed by atoms with Crippen molar-refractivity contribution in [2.75, 3.05) is 26.8 Å². The first-order chi connectivity index (χ1) is 14.5. The third-order valence-electron chi connectivity index (χ3n) is 5.45. The van der Waals surface area contributed by atoms with Gasteiger partial charge in [-0.05, 0) is 49.2 Å². The Morgan fingerprint density at radius 3 is 2.52 bits per heavy atom. The number of unbranched alkanes of at least 4 members (excludes halogenated alkanes) is 1. The average molecular weight is 451 g/mol. The zero-order valence-corrected chi connectivity index (χ0v) is 20.7. The summed E-state index contributed by atoms with van der Waals surface area (Å²) in [6, 6.07) is 5.01. The number of phenols is 1. The highest BCUT2D eigenvalue weighted by Crippen LogP contribution is 2.36. The minimum atomic E-state index is -1.81. The molecule has 174 valence electrons. The first-order valence-electron chi connectivity index (χ1n) is 10.7. The second-order valence-corrected chi connectivity index (χ2v) is 13.8. The van der Waals surface area contributed by atoms with Crippen LogP contribution in [0.25, 0.3) is 6.08 Å². The predicted molar refractivity (Wildman–Crippen MR) is 127 cm³/mol. The Morgan fingerprint density at radius 2 is 1.87 bits per heavy atom. The Bertz CT molecular complexity index is 757. The first kappa shape index (κ1) is 26.7. The number of aromatic hydroxyl groups is 1. The zero-order chi connectivity index (χ0) is 23.5. The fraction of sp³-hybridized carbons (Fsp3) is 0.565. The third-order valence-corrected chi connectivity index (χ3v) is 9.98. The van der Waals surface area contributed by atoms with Gasteiger partial charge in [0.1, 0.15) is 11.5 Å². The van der Waals surface area contributed by atoms with Crippen LogP contribution in [0.2, 0.25) is 18.1 Å². The molecule has 0 radical (unpaired) electrons. The summed E-state index contributed by atoms with van der Waals surface area (Å²) >= 11 is 0. The molecule has 0 fully saturated rings. The van der Waals surface area contributed by atoms with Crippen molar-refractivity contribution in [3.63, 3.8) is 0 Å². The molecule has 1 rings (SSSR count). The van der Waals surface area contributed by atoms with Crippen LogP contribution >= 0.6 is 0 Å². The maximum Gasteiger partial charge on any atom is 0.239 e. The molecule has 3 N–H and O–H groups in total. The van der Waals surface area contributed by atoms with Crippen LogP contribution in [0.5, 0.6) is 11.5 Å². The molecule has 0 aliphatic carbocycles. The number of amides is 2. The summed E-state index contributed by atoms with van der Waals surface area (Å²) < 4.78 is 11.1. The largest absolute Gasteiger partial charge is 0.507 e. The molecule has 0 aromatic heterocycles. The Kier molecular flexibility index (Phi) is 10.8. The Labute approximate surface area is 187 Å². The zero-order valence-electron chi connectivity index (χ0n) is 19.7. The number of hydrogen-bond acceptors (Lipinski definition) is 5. The number of rotatable bonds is 12. The normalized spacial score (nSPS) is 12.1. The second-order valence-electron chi connectivity index (χ2n) is 8.95. The van der Waals surface area contributed by atoms with E-state index in [1.807, 2.05) is 6.08 Å². The Balaban J connectivity index is 2.20. The third kappa shape index (κ3) is 10.0. The first-order valence-corrected chi connectivity index (χ1v) is 13.6. The van der Waals surface area contributed by atoms with E-state index in [4.69, 9.17) is 9.16 Å². The molecule has 0 aliphatic heterocycles. The summed E-state index contributed by atoms with van der Waals surface area (Å²) in [4.78, 5) is 23.8. The molecule has 0 unspecified atom stereocenters. The van der Waals surface area contributed by atoms with Crippen molar-refractivity contribution < 1.29 is 23.9 Å². The molecule has 0 bridgehead atoms. The van der Waals surface area contributed by atoms with Crippen LogP contribution in [0.4, 0.5) is 0 Å². The van der Waals surface area contributed by atoms with Gasteiger partial charge in [-0.15, -0.1) is 0 Å². The molecule has 0 atom stereocenters. The highest BCUT2D eigenvalue weighted by molar-refractivity contribution is 6.74. The van der Waals surface area contributed by atoms with E-state index in [0.717, 1.165) is 0 Å². The number of phenolic OH excluding ortho intramolecular Hbond substituents is 1. The van der Waals surface area contributed by atoms with E-state index in [1.165, 1.54) is 0 Å². The van der Waals surface area contributed by atoms with Gasteiger partial charge in [0, 0.05) is 18.5 Å². The summed E-state index contributed by atoms with van der Waals surface area (Å²) in [7, 11) is -0.240. The summed E-state index contributed by atoms with van der Waals surface area (Å²) in [5, 5.41) is 15.4. The summed E-state index contributed by atoms with van der Waals surface area (Å²) in [5.74, 6) is 0.461. The standard InChI is InChI=1S/C23H38N2O5Si/c1-23(2,3)31(5,6)30-15-14-24-22(28)17-25-21(27)11-9-7-8-10-18-16-19(29-4)12-13-20(18)26/h8,10,12-13,16,26H,7,9,11,14-15,17H2,1-6H3,(H,24,28)(H,25,27)/b10-8+. The van der Waals surface area contributed by atoms with Crippen LogP contribution in [-0.4, -0.2) is 52.0 Å². The van der Waals surface area contributed by atoms with Gasteiger partial charge in [-0.25, -0.2) is 0 Å². The average Bonchev–Trinajstić information content (AvgIpc) is 2.69. The van der Waals surface area contributed by atoms with Crippen LogP contribution in [0.15, 0.2) is 24.3 Å². The second kappa shape index (κ2) is 12.5. The number of benzene rings is 1. The number of nitrogens with one attached hydrogen (secondary N) is 2. The summed E-state index contributed by atoms with van der Waals surface area (Å²) in [6.07, 6.45) is 5.36. The molecule has 1 aromatic carbocycles. The number of hydrogen-bond donors (Lipinski definition) is 3. The fourth-order valence-corrected chi connectivity index (χ4v) is 3.47. The molecule has 0 aliphatic rings. The minimum Gasteiger partial charge on any atom is -0.507 e. The van der Waals surface area contributed by atoms with Gasteiger partial charge in [-0.2, -0.15) is 0 Å². The Morgan fingerprint density at radius 1 is 1.16 bits per heavy atom. The molecule has 8 heteroatoms. The monoisotopic (exact) mass is 450 g/mol. The van der Waals surface area contributed by atoms with E-state index >= 15 is 0 Å². The van der Waals surface area contributed by atoms with Crippen LogP contribution in [0.3, 0.4) is 0 Å². The fourth-order valence-electron chi connectivity index (χ4n) is 2.43. The lowest BCUT2D eigenvalue weighted by molar-refractivity contribution is -0.126. The molecular weight excluding hydrogens is 412 g/mol. The number of carbonyl (C=O) groups excluding carboxylic acids is 2. The lowest BCUT2D eigenvalue weighted by atomic mass is 10.1. The van der Waals surface area contributed by atoms with Crippen molar-refractivity contribution in [2.45, 2.75) is 58.2 Å². The quantitative estimate of drug-likeness (QED) is 0.332. The van der Waals surface area contributed by atoms with Gasteiger partial charge in [-0.3, -0.25) is 9.59 Å². The molecule has 31 heavy (non-hydrogen) atoms. The number of methoxy groups -OCH3 is 1. The minimum absolute atomic E-state index is 0.0353. The number of ether oxygens (including phenoxy) is 1. The predicted octanol–water partition coefficient (Wildman–Crippen LogP) is 3.84. The summed E-state index contributed by atoms with van der Waals surface area (Å²) in [6.45, 7) is 11.7. The van der Waals surface area contributed by atoms with Gasteiger partial charge in [0.05, 0.1) is 20.3 Å². The van der Waals surface area contributed by atoms with Crippen LogP contribution in [0, 0.1) is 0 Å². The van der Waals surface area contributed by atoms with Crippen molar-refractivity contribution in [1.29, 1.82) is 0 Å². The molecule has 2 amide bonds. The van der Waals surface area contributed by atoms with E-state index in [-0.39, 0.29) is 29.1 Å². The topological polar surface area (TPSA) is 96.9 Å². The van der Waals surface area contributed by atoms with Gasteiger partial charge in [0.25, 0.3) is 0 Å². The molecule has 0 saturated heterocycles. The molecule has 1 aromatic rings. The highest BCUT2D eigenvalue weighted by atomic mass is 28.4. The smallest absolute Gasteiger partial charge is 0.239 e. The molecule has 0 heterocycles. The van der Waals surface area contributed by atoms with Gasteiger partial charge < -0.3 is 24.9 Å². The highest BCUT2D eigenvalue weighted by Gasteiger charge is 2.36. The van der Waals surface area contributed by atoms with Crippen LogP contribution in [-0.2, 0) is 14.0 Å². The van der Waals surface area contributed by atoms with Crippen LogP contribution in [0.1, 0.15) is 45.6 Å². The van der Waals surface area contributed by atoms with Crippen molar-refractivity contribution in [2.24, 2.45) is 0 Å². The molecule has 0 saturated carbocycles. The SMILES string of the molecule is COc1ccc(O)c(/C=C/CCCC(=O)NCC(=O)NCCO[Si](C)(C)C(C)(C)C)c1. The lowest BCUT2D eigenvalue weighted by Crippen LogP contribution is -2.43. The number of carbonyl (C=O) groups is 2. The Hall–Kier alpha value is -2.32. The summed E-state index contributed by atoms with van der Waals surface area (Å²) in [5.41, 5.74) is 0.665. The van der Waals surface area contributed by atoms with Crippen molar-refractivity contribution >= 4 is 26.2 Å². The number of allylic oxidation sites excluding steroid dienone is 1. The lowest BCUT2D eigenvalue weighted by Gasteiger charge is -2.36. The van der Waals surface area contributed by atoms with E-state index in [1.54, 1.807) is 31.4 Å². The van der Waals surface area contributed by atoms with E-state index < -0.39 is 8.32 Å². The van der Waals surface area contributed by atoms with E-state index in [2.05, 4.69) is 44.5 Å². The van der Waals surface area contributed by atoms with Crippen LogP contribution < -0.4 is 15.4 Å².